The lowest BCUT2D eigenvalue weighted by Crippen LogP contribution is -1.98. The number of nitrogens with zero attached hydrogens (tertiary/aromatic N) is 1. The third-order valence-corrected chi connectivity index (χ3v) is 2.59. The van der Waals surface area contributed by atoms with Gasteiger partial charge in [-0.3, -0.25) is 10.1 Å². The topological polar surface area (TPSA) is 90.4 Å². The quantitative estimate of drug-likeness (QED) is 0.500. The predicted molar refractivity (Wildman–Crippen MR) is 73.8 cm³/mol. The molecule has 0 aliphatic heterocycles. The fourth-order valence-corrected chi connectivity index (χ4v) is 1.63. The number of hydrogen-bond donors (Lipinski definition) is 2. The molecule has 0 spiro atoms. The summed E-state index contributed by atoms with van der Waals surface area (Å²) in [6, 6.07) is 11.6. The first-order valence-electron chi connectivity index (χ1n) is 5.55. The van der Waals surface area contributed by atoms with Gasteiger partial charge in [-0.2, -0.15) is 0 Å². The van der Waals surface area contributed by atoms with Crippen molar-refractivity contribution in [1.29, 1.82) is 0 Å². The Morgan fingerprint density at radius 1 is 1.26 bits per heavy atom. The molecule has 0 fully saturated rings. The van der Waals surface area contributed by atoms with Crippen LogP contribution in [0.2, 0.25) is 0 Å². The number of methoxy groups -OCH3 is 1. The second-order valence-corrected chi connectivity index (χ2v) is 3.89. The van der Waals surface area contributed by atoms with Crippen molar-refractivity contribution in [3.05, 3.63) is 52.6 Å². The summed E-state index contributed by atoms with van der Waals surface area (Å²) in [6.07, 6.45) is 0. The first kappa shape index (κ1) is 12.7. The van der Waals surface area contributed by atoms with Gasteiger partial charge in [0, 0.05) is 23.9 Å². The summed E-state index contributed by atoms with van der Waals surface area (Å²) in [6.45, 7) is 0. The van der Waals surface area contributed by atoms with Crippen LogP contribution in [0.25, 0.3) is 0 Å². The molecule has 0 radical (unpaired) electrons. The first-order chi connectivity index (χ1) is 9.10. The van der Waals surface area contributed by atoms with Crippen LogP contribution < -0.4 is 15.8 Å². The Labute approximate surface area is 110 Å². The Hall–Kier alpha value is -2.76. The molecule has 0 saturated carbocycles. The van der Waals surface area contributed by atoms with Crippen molar-refractivity contribution in [2.45, 2.75) is 0 Å². The van der Waals surface area contributed by atoms with E-state index < -0.39 is 4.92 Å². The minimum atomic E-state index is -0.480. The predicted octanol–water partition coefficient (Wildman–Crippen LogP) is 2.93. The molecule has 0 aliphatic carbocycles. The van der Waals surface area contributed by atoms with E-state index in [1.807, 2.05) is 18.2 Å². The van der Waals surface area contributed by atoms with Crippen molar-refractivity contribution in [3.8, 4) is 5.75 Å². The molecule has 2 aromatic carbocycles. The Balaban J connectivity index is 2.25. The molecule has 0 saturated heterocycles. The van der Waals surface area contributed by atoms with Crippen molar-refractivity contribution in [2.75, 3.05) is 18.2 Å². The molecule has 6 heteroatoms. The number of nitrogens with two attached hydrogens (primary N) is 1. The number of anilines is 3. The molecule has 2 aromatic rings. The van der Waals surface area contributed by atoms with Crippen molar-refractivity contribution in [2.24, 2.45) is 0 Å². The smallest absolute Gasteiger partial charge is 0.271 e. The average molecular weight is 259 g/mol. The van der Waals surface area contributed by atoms with Crippen LogP contribution in [0.5, 0.6) is 5.75 Å². The summed E-state index contributed by atoms with van der Waals surface area (Å²) in [4.78, 5) is 10.1. The fraction of sp³-hybridized carbons (Fsp3) is 0.0769. The van der Waals surface area contributed by atoms with Gasteiger partial charge in [0.05, 0.1) is 23.4 Å². The van der Waals surface area contributed by atoms with E-state index in [1.54, 1.807) is 19.2 Å². The number of nitro groups is 1. The minimum Gasteiger partial charge on any atom is -0.497 e. The molecule has 2 rings (SSSR count). The number of nitrogen functional groups attached to an aromatic ring is 1. The van der Waals surface area contributed by atoms with Gasteiger partial charge in [-0.05, 0) is 18.2 Å². The van der Waals surface area contributed by atoms with Crippen LogP contribution >= 0.6 is 0 Å². The van der Waals surface area contributed by atoms with Crippen LogP contribution in [0.4, 0.5) is 22.7 Å². The van der Waals surface area contributed by atoms with Gasteiger partial charge in [0.1, 0.15) is 5.75 Å². The van der Waals surface area contributed by atoms with E-state index in [2.05, 4.69) is 5.32 Å². The number of hydrogen-bond acceptors (Lipinski definition) is 5. The van der Waals surface area contributed by atoms with Crippen LogP contribution in [0, 0.1) is 10.1 Å². The Bertz CT molecular complexity index is 614. The number of benzene rings is 2. The molecule has 0 unspecified atom stereocenters. The highest BCUT2D eigenvalue weighted by molar-refractivity contribution is 5.75. The Morgan fingerprint density at radius 2 is 2.05 bits per heavy atom. The third kappa shape index (κ3) is 2.92. The summed E-state index contributed by atoms with van der Waals surface area (Å²) >= 11 is 0. The number of ether oxygens (including phenoxy) is 1. The summed E-state index contributed by atoms with van der Waals surface area (Å²) in [7, 11) is 1.58. The highest BCUT2D eigenvalue weighted by atomic mass is 16.6. The zero-order valence-electron chi connectivity index (χ0n) is 10.3. The van der Waals surface area contributed by atoms with E-state index >= 15 is 0 Å². The minimum absolute atomic E-state index is 0.0336. The number of rotatable bonds is 4. The normalized spacial score (nSPS) is 9.95. The van der Waals surface area contributed by atoms with Gasteiger partial charge in [-0.1, -0.05) is 6.07 Å². The molecule has 0 aromatic heterocycles. The van der Waals surface area contributed by atoms with Crippen molar-refractivity contribution >= 4 is 22.7 Å². The largest absolute Gasteiger partial charge is 0.497 e. The van der Waals surface area contributed by atoms with Gasteiger partial charge in [0.15, 0.2) is 0 Å². The first-order valence-corrected chi connectivity index (χ1v) is 5.55. The molecule has 0 bridgehead atoms. The molecule has 0 amide bonds. The van der Waals surface area contributed by atoms with Gasteiger partial charge in [0.2, 0.25) is 0 Å². The molecule has 0 aliphatic rings. The lowest BCUT2D eigenvalue weighted by atomic mass is 10.2. The van der Waals surface area contributed by atoms with Crippen LogP contribution in [-0.2, 0) is 0 Å². The lowest BCUT2D eigenvalue weighted by molar-refractivity contribution is -0.384. The van der Waals surface area contributed by atoms with Crippen molar-refractivity contribution in [3.63, 3.8) is 0 Å². The van der Waals surface area contributed by atoms with Crippen molar-refractivity contribution < 1.29 is 9.66 Å². The molecule has 0 heterocycles. The molecule has 19 heavy (non-hydrogen) atoms. The lowest BCUT2D eigenvalue weighted by Gasteiger charge is -2.10. The van der Waals surface area contributed by atoms with Gasteiger partial charge < -0.3 is 15.8 Å². The Kier molecular flexibility index (Phi) is 3.51. The Morgan fingerprint density at radius 3 is 2.68 bits per heavy atom. The second-order valence-electron chi connectivity index (χ2n) is 3.89. The third-order valence-electron chi connectivity index (χ3n) is 2.59. The molecular formula is C13H13N3O3. The second kappa shape index (κ2) is 5.26. The zero-order chi connectivity index (χ0) is 13.8. The highest BCUT2D eigenvalue weighted by Crippen LogP contribution is 2.28. The van der Waals surface area contributed by atoms with E-state index in [-0.39, 0.29) is 5.69 Å². The number of nitrogens with one attached hydrogen (secondary N) is 1. The molecule has 98 valence electrons. The summed E-state index contributed by atoms with van der Waals surface area (Å²) in [5, 5.41) is 13.7. The van der Waals surface area contributed by atoms with Crippen LogP contribution in [-0.4, -0.2) is 12.0 Å². The maximum Gasteiger partial charge on any atom is 0.271 e. The van der Waals surface area contributed by atoms with Gasteiger partial charge in [-0.25, -0.2) is 0 Å². The van der Waals surface area contributed by atoms with Gasteiger partial charge in [-0.15, -0.1) is 0 Å². The van der Waals surface area contributed by atoms with E-state index in [0.717, 1.165) is 5.69 Å². The van der Waals surface area contributed by atoms with Crippen molar-refractivity contribution in [1.82, 2.24) is 0 Å². The van der Waals surface area contributed by atoms with E-state index in [1.165, 1.54) is 12.1 Å². The summed E-state index contributed by atoms with van der Waals surface area (Å²) < 4.78 is 5.11. The van der Waals surface area contributed by atoms with E-state index in [4.69, 9.17) is 10.5 Å². The summed E-state index contributed by atoms with van der Waals surface area (Å²) in [5.41, 5.74) is 7.46. The van der Waals surface area contributed by atoms with Gasteiger partial charge in [0.25, 0.3) is 5.69 Å². The fourth-order valence-electron chi connectivity index (χ4n) is 1.63. The number of nitro benzene ring substituents is 1. The zero-order valence-corrected chi connectivity index (χ0v) is 10.3. The SMILES string of the molecule is COc1cccc(Nc2ccc([N+](=O)[O-])cc2N)c1. The molecule has 3 N–H and O–H groups in total. The molecule has 0 atom stereocenters. The van der Waals surface area contributed by atoms with E-state index in [0.29, 0.717) is 17.1 Å². The molecular weight excluding hydrogens is 246 g/mol. The average Bonchev–Trinajstić information content (AvgIpc) is 2.41. The summed E-state index contributed by atoms with van der Waals surface area (Å²) in [5.74, 6) is 0.713. The van der Waals surface area contributed by atoms with Crippen LogP contribution in [0.1, 0.15) is 0 Å². The van der Waals surface area contributed by atoms with Gasteiger partial charge >= 0.3 is 0 Å². The van der Waals surface area contributed by atoms with E-state index in [9.17, 15) is 10.1 Å². The monoisotopic (exact) mass is 259 g/mol. The highest BCUT2D eigenvalue weighted by Gasteiger charge is 2.08. The maximum atomic E-state index is 10.6. The number of non-ortho nitro benzene ring substituents is 1. The van der Waals surface area contributed by atoms with Crippen LogP contribution in [0.15, 0.2) is 42.5 Å². The standard InChI is InChI=1S/C13H13N3O3/c1-19-11-4-2-3-9(7-11)15-13-6-5-10(16(17)18)8-12(13)14/h2-8,15H,14H2,1H3. The molecule has 6 nitrogen and oxygen atoms in total. The van der Waals surface area contributed by atoms with Crippen LogP contribution in [0.3, 0.4) is 0 Å². The maximum absolute atomic E-state index is 10.6.